The summed E-state index contributed by atoms with van der Waals surface area (Å²) >= 11 is 0. The molecule has 0 aromatic carbocycles. The molecule has 3 aliphatic rings. The third kappa shape index (κ3) is 2.65. The van der Waals surface area contributed by atoms with Gasteiger partial charge >= 0.3 is 0 Å². The third-order valence-corrected chi connectivity index (χ3v) is 5.76. The van der Waals surface area contributed by atoms with Crippen LogP contribution in [0.2, 0.25) is 0 Å². The van der Waals surface area contributed by atoms with Crippen molar-refractivity contribution in [2.45, 2.75) is 38.5 Å². The highest BCUT2D eigenvalue weighted by atomic mass is 16.5. The maximum atomic E-state index is 13.1. The highest BCUT2D eigenvalue weighted by Gasteiger charge is 2.66. The quantitative estimate of drug-likeness (QED) is 0.775. The molecule has 2 saturated heterocycles. The number of carbonyl (C=O) groups excluding carboxylic acids is 2. The van der Waals surface area contributed by atoms with Gasteiger partial charge in [-0.2, -0.15) is 0 Å². The number of ether oxygens (including phenoxy) is 1. The number of hydrogen-bond acceptors (Lipinski definition) is 4. The van der Waals surface area contributed by atoms with E-state index in [-0.39, 0.29) is 17.9 Å². The zero-order valence-corrected chi connectivity index (χ0v) is 15.5. The minimum atomic E-state index is -0.620. The van der Waals surface area contributed by atoms with Crippen LogP contribution in [0.4, 0.5) is 0 Å². The highest BCUT2D eigenvalue weighted by Crippen LogP contribution is 2.52. The Morgan fingerprint density at radius 3 is 3.04 bits per heavy atom. The molecule has 2 amide bonds. The van der Waals surface area contributed by atoms with E-state index in [0.717, 1.165) is 18.8 Å². The zero-order chi connectivity index (χ0) is 18.5. The summed E-state index contributed by atoms with van der Waals surface area (Å²) < 4.78 is 6.17. The predicted molar refractivity (Wildman–Crippen MR) is 94.8 cm³/mol. The lowest BCUT2D eigenvalue weighted by Crippen LogP contribution is -2.44. The molecular weight excluding hydrogens is 332 g/mol. The Labute approximate surface area is 153 Å². The van der Waals surface area contributed by atoms with Gasteiger partial charge in [0.1, 0.15) is 11.4 Å². The number of H-pyrrole nitrogens is 1. The number of amides is 2. The second-order valence-electron chi connectivity index (χ2n) is 8.07. The van der Waals surface area contributed by atoms with Gasteiger partial charge in [-0.15, -0.1) is 0 Å². The third-order valence-electron chi connectivity index (χ3n) is 5.76. The number of aromatic amines is 1. The first-order valence-corrected chi connectivity index (χ1v) is 9.30. The summed E-state index contributed by atoms with van der Waals surface area (Å²) in [7, 11) is 1.75. The van der Waals surface area contributed by atoms with Crippen molar-refractivity contribution in [1.82, 2.24) is 19.8 Å². The summed E-state index contributed by atoms with van der Waals surface area (Å²) in [5.74, 6) is 0.411. The minimum Gasteiger partial charge on any atom is -0.360 e. The molecule has 3 aliphatic heterocycles. The van der Waals surface area contributed by atoms with Gasteiger partial charge in [-0.3, -0.25) is 9.59 Å². The summed E-state index contributed by atoms with van der Waals surface area (Å²) in [6.45, 7) is 5.97. The van der Waals surface area contributed by atoms with Gasteiger partial charge in [0, 0.05) is 26.0 Å². The van der Waals surface area contributed by atoms with E-state index in [0.29, 0.717) is 19.0 Å². The summed E-state index contributed by atoms with van der Waals surface area (Å²) in [4.78, 5) is 36.9. The van der Waals surface area contributed by atoms with Crippen LogP contribution in [0.5, 0.6) is 0 Å². The van der Waals surface area contributed by atoms with E-state index in [1.807, 2.05) is 17.1 Å². The molecule has 7 heteroatoms. The van der Waals surface area contributed by atoms with E-state index in [1.54, 1.807) is 24.3 Å². The molecule has 1 spiro atoms. The summed E-state index contributed by atoms with van der Waals surface area (Å²) in [6.07, 6.45) is 8.02. The lowest BCUT2D eigenvalue weighted by atomic mass is 9.76. The maximum absolute atomic E-state index is 13.1. The number of carbonyl (C=O) groups is 2. The fraction of sp³-hybridized carbons (Fsp3) is 0.632. The van der Waals surface area contributed by atoms with Crippen LogP contribution in [0, 0.1) is 17.8 Å². The van der Waals surface area contributed by atoms with Crippen LogP contribution in [0.15, 0.2) is 24.5 Å². The molecule has 2 bridgehead atoms. The second kappa shape index (κ2) is 6.23. The normalized spacial score (nSPS) is 31.9. The molecule has 1 N–H and O–H groups in total. The van der Waals surface area contributed by atoms with E-state index in [4.69, 9.17) is 4.74 Å². The van der Waals surface area contributed by atoms with Crippen molar-refractivity contribution in [1.29, 1.82) is 0 Å². The molecule has 26 heavy (non-hydrogen) atoms. The second-order valence-corrected chi connectivity index (χ2v) is 8.07. The number of nitrogens with one attached hydrogen (secondary N) is 1. The summed E-state index contributed by atoms with van der Waals surface area (Å²) in [5.41, 5.74) is -0.620. The highest BCUT2D eigenvalue weighted by molar-refractivity contribution is 5.92. The largest absolute Gasteiger partial charge is 0.360 e. The molecule has 4 heterocycles. The lowest BCUT2D eigenvalue weighted by Gasteiger charge is -2.27. The van der Waals surface area contributed by atoms with Gasteiger partial charge in [-0.1, -0.05) is 26.0 Å². The van der Waals surface area contributed by atoms with Crippen molar-refractivity contribution in [2.75, 3.05) is 20.1 Å². The number of nitrogens with zero attached hydrogens (tertiary/aromatic N) is 3. The first-order valence-electron chi connectivity index (χ1n) is 9.30. The number of hydrogen-bond donors (Lipinski definition) is 1. The van der Waals surface area contributed by atoms with E-state index < -0.39 is 17.4 Å². The molecule has 2 unspecified atom stereocenters. The first-order chi connectivity index (χ1) is 12.4. The Kier molecular flexibility index (Phi) is 4.14. The van der Waals surface area contributed by atoms with Crippen molar-refractivity contribution in [3.8, 4) is 0 Å². The fourth-order valence-electron chi connectivity index (χ4n) is 4.40. The van der Waals surface area contributed by atoms with Crippen molar-refractivity contribution in [2.24, 2.45) is 17.8 Å². The van der Waals surface area contributed by atoms with Crippen molar-refractivity contribution in [3.63, 3.8) is 0 Å². The molecule has 0 saturated carbocycles. The van der Waals surface area contributed by atoms with Crippen molar-refractivity contribution >= 4 is 11.8 Å². The van der Waals surface area contributed by atoms with E-state index in [9.17, 15) is 9.59 Å². The number of aromatic nitrogens is 2. The topological polar surface area (TPSA) is 78.5 Å². The molecule has 1 aromatic heterocycles. The zero-order valence-electron chi connectivity index (χ0n) is 15.5. The fourth-order valence-corrected chi connectivity index (χ4v) is 4.40. The van der Waals surface area contributed by atoms with Gasteiger partial charge in [0.25, 0.3) is 0 Å². The molecule has 4 atom stereocenters. The van der Waals surface area contributed by atoms with Crippen LogP contribution in [-0.2, 0) is 20.9 Å². The molecule has 4 rings (SSSR count). The molecular formula is C19H26N4O3. The maximum Gasteiger partial charge on any atom is 0.230 e. The Balaban J connectivity index is 1.52. The van der Waals surface area contributed by atoms with Gasteiger partial charge in [0.15, 0.2) is 0 Å². The lowest BCUT2D eigenvalue weighted by molar-refractivity contribution is -0.142. The molecule has 2 fully saturated rings. The predicted octanol–water partition coefficient (Wildman–Crippen LogP) is 1.20. The Morgan fingerprint density at radius 1 is 1.54 bits per heavy atom. The van der Waals surface area contributed by atoms with Gasteiger partial charge in [0.05, 0.1) is 31.0 Å². The van der Waals surface area contributed by atoms with Crippen LogP contribution in [-0.4, -0.2) is 63.4 Å². The van der Waals surface area contributed by atoms with Gasteiger partial charge in [0.2, 0.25) is 11.8 Å². The van der Waals surface area contributed by atoms with Crippen LogP contribution in [0.3, 0.4) is 0 Å². The SMILES string of the molecule is CC(C)CCN1C[C@]23C=C[C@H](O2)C(C(=O)N(C)Cc2ncc[nH]2)C3C1=O. The van der Waals surface area contributed by atoms with Gasteiger partial charge in [-0.25, -0.2) is 4.98 Å². The molecule has 0 radical (unpaired) electrons. The Morgan fingerprint density at radius 2 is 2.35 bits per heavy atom. The van der Waals surface area contributed by atoms with Crippen molar-refractivity contribution in [3.05, 3.63) is 30.4 Å². The van der Waals surface area contributed by atoms with Gasteiger partial charge < -0.3 is 19.5 Å². The van der Waals surface area contributed by atoms with E-state index in [2.05, 4.69) is 23.8 Å². The first kappa shape index (κ1) is 17.3. The minimum absolute atomic E-state index is 0.0540. The average Bonchev–Trinajstić information content (AvgIpc) is 3.35. The number of rotatable bonds is 6. The number of fused-ring (bicyclic) bond motifs is 1. The van der Waals surface area contributed by atoms with Crippen LogP contribution in [0.1, 0.15) is 26.1 Å². The number of likely N-dealkylation sites (tertiary alicyclic amines) is 1. The van der Waals surface area contributed by atoms with Crippen molar-refractivity contribution < 1.29 is 14.3 Å². The monoisotopic (exact) mass is 358 g/mol. The number of imidazole rings is 1. The van der Waals surface area contributed by atoms with E-state index >= 15 is 0 Å². The smallest absolute Gasteiger partial charge is 0.230 e. The molecule has 1 aromatic rings. The average molecular weight is 358 g/mol. The molecule has 7 nitrogen and oxygen atoms in total. The molecule has 0 aliphatic carbocycles. The molecule has 140 valence electrons. The standard InChI is InChI=1S/C19H26N4O3/c1-12(2)5-9-23-11-19-6-4-13(26-19)15(16(19)18(23)25)17(24)22(3)10-14-20-7-8-21-14/h4,6-8,12-13,15-16H,5,9-11H2,1-3H3,(H,20,21)/t13-,15?,16?,19-/m0/s1. The van der Waals surface area contributed by atoms with Crippen LogP contribution in [0.25, 0.3) is 0 Å². The van der Waals surface area contributed by atoms with E-state index in [1.165, 1.54) is 0 Å². The Hall–Kier alpha value is -2.15. The summed E-state index contributed by atoms with van der Waals surface area (Å²) in [6, 6.07) is 0. The van der Waals surface area contributed by atoms with Gasteiger partial charge in [-0.05, 0) is 12.3 Å². The van der Waals surface area contributed by atoms with Crippen LogP contribution >= 0.6 is 0 Å². The Bertz CT molecular complexity index is 729. The summed E-state index contributed by atoms with van der Waals surface area (Å²) in [5, 5.41) is 0. The van der Waals surface area contributed by atoms with Crippen LogP contribution < -0.4 is 0 Å².